The van der Waals surface area contributed by atoms with Crippen LogP contribution in [-0.4, -0.2) is 19.6 Å². The first-order valence-corrected chi connectivity index (χ1v) is 7.28. The maximum atomic E-state index is 11.9. The van der Waals surface area contributed by atoms with Crippen LogP contribution in [-0.2, 0) is 11.2 Å². The van der Waals surface area contributed by atoms with Crippen molar-refractivity contribution in [1.82, 2.24) is 0 Å². The highest BCUT2D eigenvalue weighted by atomic mass is 16.5. The van der Waals surface area contributed by atoms with Crippen molar-refractivity contribution in [1.29, 1.82) is 0 Å². The number of carbonyl (C=O) groups is 1. The van der Waals surface area contributed by atoms with Crippen LogP contribution >= 0.6 is 0 Å². The van der Waals surface area contributed by atoms with E-state index in [1.807, 2.05) is 43.3 Å². The molecule has 0 aliphatic heterocycles. The average Bonchev–Trinajstić information content (AvgIpc) is 2.54. The van der Waals surface area contributed by atoms with Gasteiger partial charge in [0.15, 0.2) is 18.1 Å². The Labute approximate surface area is 131 Å². The molecule has 4 nitrogen and oxygen atoms in total. The van der Waals surface area contributed by atoms with Crippen LogP contribution in [0.15, 0.2) is 42.5 Å². The van der Waals surface area contributed by atoms with Crippen LogP contribution in [0, 0.1) is 6.92 Å². The molecular weight excluding hydrogens is 278 g/mol. The summed E-state index contributed by atoms with van der Waals surface area (Å²) in [5.41, 5.74) is 3.07. The number of ether oxygens (including phenoxy) is 2. The lowest BCUT2D eigenvalue weighted by Crippen LogP contribution is -2.20. The molecule has 0 saturated carbocycles. The molecule has 2 aromatic carbocycles. The highest BCUT2D eigenvalue weighted by Gasteiger charge is 2.08. The molecule has 2 aromatic rings. The van der Waals surface area contributed by atoms with Crippen molar-refractivity contribution in [3.05, 3.63) is 53.6 Å². The van der Waals surface area contributed by atoms with Crippen molar-refractivity contribution in [3.8, 4) is 11.5 Å². The van der Waals surface area contributed by atoms with Crippen molar-refractivity contribution in [3.63, 3.8) is 0 Å². The topological polar surface area (TPSA) is 47.6 Å². The molecule has 0 bridgehead atoms. The number of carbonyl (C=O) groups excluding carboxylic acids is 1. The largest absolute Gasteiger partial charge is 0.493 e. The van der Waals surface area contributed by atoms with Crippen LogP contribution in [0.5, 0.6) is 11.5 Å². The van der Waals surface area contributed by atoms with Gasteiger partial charge in [-0.3, -0.25) is 4.79 Å². The van der Waals surface area contributed by atoms with Gasteiger partial charge in [-0.05, 0) is 48.7 Å². The summed E-state index contributed by atoms with van der Waals surface area (Å²) in [5.74, 6) is 0.983. The molecule has 1 N–H and O–H groups in total. The molecule has 0 radical (unpaired) electrons. The molecule has 0 fully saturated rings. The van der Waals surface area contributed by atoms with Crippen molar-refractivity contribution in [2.75, 3.05) is 19.0 Å². The Morgan fingerprint density at radius 1 is 1.09 bits per heavy atom. The molecule has 116 valence electrons. The fourth-order valence-electron chi connectivity index (χ4n) is 2.06. The van der Waals surface area contributed by atoms with Gasteiger partial charge in [-0.15, -0.1) is 0 Å². The minimum absolute atomic E-state index is 0.0606. The zero-order chi connectivity index (χ0) is 15.9. The van der Waals surface area contributed by atoms with Crippen LogP contribution in [0.3, 0.4) is 0 Å². The van der Waals surface area contributed by atoms with Gasteiger partial charge < -0.3 is 14.8 Å². The zero-order valence-electron chi connectivity index (χ0n) is 13.2. The number of benzene rings is 2. The second-order valence-corrected chi connectivity index (χ2v) is 5.04. The van der Waals surface area contributed by atoms with Crippen LogP contribution in [0.25, 0.3) is 0 Å². The quantitative estimate of drug-likeness (QED) is 0.887. The summed E-state index contributed by atoms with van der Waals surface area (Å²) in [5, 5.41) is 2.81. The first-order chi connectivity index (χ1) is 10.6. The van der Waals surface area contributed by atoms with Gasteiger partial charge in [0, 0.05) is 5.69 Å². The number of hydrogen-bond donors (Lipinski definition) is 1. The second kappa shape index (κ2) is 7.50. The van der Waals surface area contributed by atoms with Crippen molar-refractivity contribution in [2.24, 2.45) is 0 Å². The van der Waals surface area contributed by atoms with Crippen LogP contribution in [0.2, 0.25) is 0 Å². The molecule has 1 amide bonds. The maximum absolute atomic E-state index is 11.9. The molecule has 2 rings (SSSR count). The minimum Gasteiger partial charge on any atom is -0.493 e. The Morgan fingerprint density at radius 3 is 2.45 bits per heavy atom. The van der Waals surface area contributed by atoms with E-state index >= 15 is 0 Å². The Morgan fingerprint density at radius 2 is 1.82 bits per heavy atom. The van der Waals surface area contributed by atoms with E-state index in [1.165, 1.54) is 5.56 Å². The van der Waals surface area contributed by atoms with Gasteiger partial charge >= 0.3 is 0 Å². The van der Waals surface area contributed by atoms with Gasteiger partial charge in [0.2, 0.25) is 0 Å². The number of amides is 1. The fraction of sp³-hybridized carbons (Fsp3) is 0.278. The molecule has 0 aliphatic rings. The molecule has 0 saturated heterocycles. The number of nitrogens with one attached hydrogen (secondary N) is 1. The van der Waals surface area contributed by atoms with Crippen molar-refractivity contribution < 1.29 is 14.3 Å². The van der Waals surface area contributed by atoms with E-state index in [2.05, 4.69) is 12.2 Å². The molecule has 0 aliphatic carbocycles. The summed E-state index contributed by atoms with van der Waals surface area (Å²) in [4.78, 5) is 11.9. The predicted octanol–water partition coefficient (Wildman–Crippen LogP) is 3.58. The van der Waals surface area contributed by atoms with Gasteiger partial charge in [-0.1, -0.05) is 25.1 Å². The molecule has 0 spiro atoms. The summed E-state index contributed by atoms with van der Waals surface area (Å²) < 4.78 is 10.8. The lowest BCUT2D eigenvalue weighted by Gasteiger charge is -2.11. The van der Waals surface area contributed by atoms with Crippen molar-refractivity contribution >= 4 is 11.6 Å². The van der Waals surface area contributed by atoms with E-state index in [0.717, 1.165) is 17.7 Å². The Hall–Kier alpha value is -2.49. The van der Waals surface area contributed by atoms with E-state index < -0.39 is 0 Å². The Balaban J connectivity index is 1.92. The number of rotatable bonds is 6. The number of methoxy groups -OCH3 is 1. The third kappa shape index (κ3) is 4.25. The van der Waals surface area contributed by atoms with Crippen LogP contribution < -0.4 is 14.8 Å². The molecule has 0 atom stereocenters. The average molecular weight is 299 g/mol. The Kier molecular flexibility index (Phi) is 5.42. The van der Waals surface area contributed by atoms with E-state index in [4.69, 9.17) is 9.47 Å². The summed E-state index contributed by atoms with van der Waals surface area (Å²) in [6.07, 6.45) is 0.977. The zero-order valence-corrected chi connectivity index (χ0v) is 13.2. The standard InChI is InChI=1S/C18H21NO3/c1-4-14-6-8-15(9-7-14)19-18(20)12-22-16-10-5-13(2)11-17(16)21-3/h5-11H,4,12H2,1-3H3,(H,19,20). The van der Waals surface area contributed by atoms with Gasteiger partial charge in [-0.2, -0.15) is 0 Å². The number of hydrogen-bond acceptors (Lipinski definition) is 3. The summed E-state index contributed by atoms with van der Waals surface area (Å²) in [7, 11) is 1.58. The van der Waals surface area contributed by atoms with Gasteiger partial charge in [-0.25, -0.2) is 0 Å². The lowest BCUT2D eigenvalue weighted by atomic mass is 10.1. The van der Waals surface area contributed by atoms with Gasteiger partial charge in [0.05, 0.1) is 7.11 Å². The van der Waals surface area contributed by atoms with Crippen LogP contribution in [0.4, 0.5) is 5.69 Å². The summed E-state index contributed by atoms with van der Waals surface area (Å²) in [6, 6.07) is 13.4. The molecule has 0 unspecified atom stereocenters. The highest BCUT2D eigenvalue weighted by Crippen LogP contribution is 2.27. The molecule has 0 aromatic heterocycles. The third-order valence-electron chi connectivity index (χ3n) is 3.32. The monoisotopic (exact) mass is 299 g/mol. The lowest BCUT2D eigenvalue weighted by molar-refractivity contribution is -0.118. The maximum Gasteiger partial charge on any atom is 0.262 e. The molecule has 22 heavy (non-hydrogen) atoms. The Bertz CT molecular complexity index is 635. The van der Waals surface area contributed by atoms with E-state index in [9.17, 15) is 4.79 Å². The van der Waals surface area contributed by atoms with Gasteiger partial charge in [0.25, 0.3) is 5.91 Å². The third-order valence-corrected chi connectivity index (χ3v) is 3.32. The predicted molar refractivity (Wildman–Crippen MR) is 87.7 cm³/mol. The normalized spacial score (nSPS) is 10.1. The van der Waals surface area contributed by atoms with Gasteiger partial charge in [0.1, 0.15) is 0 Å². The SMILES string of the molecule is CCc1ccc(NC(=O)COc2ccc(C)cc2OC)cc1. The summed E-state index contributed by atoms with van der Waals surface area (Å²) in [6.45, 7) is 4.00. The van der Waals surface area contributed by atoms with E-state index in [1.54, 1.807) is 13.2 Å². The van der Waals surface area contributed by atoms with E-state index in [-0.39, 0.29) is 12.5 Å². The smallest absolute Gasteiger partial charge is 0.262 e. The minimum atomic E-state index is -0.202. The first-order valence-electron chi connectivity index (χ1n) is 7.28. The first kappa shape index (κ1) is 15.9. The van der Waals surface area contributed by atoms with Crippen molar-refractivity contribution in [2.45, 2.75) is 20.3 Å². The highest BCUT2D eigenvalue weighted by molar-refractivity contribution is 5.91. The summed E-state index contributed by atoms with van der Waals surface area (Å²) >= 11 is 0. The number of anilines is 1. The molecule has 0 heterocycles. The second-order valence-electron chi connectivity index (χ2n) is 5.04. The fourth-order valence-corrected chi connectivity index (χ4v) is 2.06. The molecular formula is C18H21NO3. The number of aryl methyl sites for hydroxylation is 2. The molecule has 4 heteroatoms. The van der Waals surface area contributed by atoms with Crippen LogP contribution in [0.1, 0.15) is 18.1 Å². The van der Waals surface area contributed by atoms with E-state index in [0.29, 0.717) is 11.5 Å².